The van der Waals surface area contributed by atoms with Crippen LogP contribution in [0, 0.1) is 11.7 Å². The van der Waals surface area contributed by atoms with Gasteiger partial charge in [-0.25, -0.2) is 19.1 Å². The summed E-state index contributed by atoms with van der Waals surface area (Å²) in [6.07, 6.45) is 2.91. The van der Waals surface area contributed by atoms with Crippen molar-refractivity contribution in [2.75, 3.05) is 44.1 Å². The Morgan fingerprint density at radius 2 is 2.06 bits per heavy atom. The van der Waals surface area contributed by atoms with Gasteiger partial charge in [-0.1, -0.05) is 18.2 Å². The Hall–Kier alpha value is -3.76. The monoisotopic (exact) mass is 481 g/mol. The summed E-state index contributed by atoms with van der Waals surface area (Å²) >= 11 is 0. The molecule has 1 atom stereocenters. The van der Waals surface area contributed by atoms with E-state index < -0.39 is 11.9 Å². The third-order valence-electron chi connectivity index (χ3n) is 5.61. The summed E-state index contributed by atoms with van der Waals surface area (Å²) in [7, 11) is 3.33. The maximum absolute atomic E-state index is 14.7. The highest BCUT2D eigenvalue weighted by Crippen LogP contribution is 2.27. The number of piperidine rings is 1. The van der Waals surface area contributed by atoms with Crippen LogP contribution in [0.3, 0.4) is 0 Å². The summed E-state index contributed by atoms with van der Waals surface area (Å²) in [5.41, 5.74) is 0.964. The second-order valence-electron chi connectivity index (χ2n) is 8.28. The van der Waals surface area contributed by atoms with E-state index in [0.717, 1.165) is 25.9 Å². The van der Waals surface area contributed by atoms with Gasteiger partial charge in [-0.15, -0.1) is 0 Å². The third-order valence-corrected chi connectivity index (χ3v) is 5.61. The molecule has 0 saturated carbocycles. The number of likely N-dealkylation sites (tertiary alicyclic amines) is 1. The van der Waals surface area contributed by atoms with Crippen LogP contribution in [0.25, 0.3) is 0 Å². The molecule has 1 unspecified atom stereocenters. The van der Waals surface area contributed by atoms with Gasteiger partial charge in [0.2, 0.25) is 5.95 Å². The lowest BCUT2D eigenvalue weighted by Crippen LogP contribution is -2.34. The molecule has 184 valence electrons. The summed E-state index contributed by atoms with van der Waals surface area (Å²) in [4.78, 5) is 33.8. The lowest BCUT2D eigenvalue weighted by molar-refractivity contribution is -0.210. The number of anilines is 4. The van der Waals surface area contributed by atoms with Crippen LogP contribution in [0.2, 0.25) is 0 Å². The number of halogens is 1. The highest BCUT2D eigenvalue weighted by Gasteiger charge is 2.22. The molecule has 9 nitrogen and oxygen atoms in total. The Bertz CT molecular complexity index is 1130. The maximum Gasteiger partial charge on any atom is 0.451 e. The fraction of sp³-hybridized carbons (Fsp3) is 0.320. The van der Waals surface area contributed by atoms with Gasteiger partial charge in [0.25, 0.3) is 0 Å². The van der Waals surface area contributed by atoms with E-state index in [1.807, 2.05) is 6.07 Å². The van der Waals surface area contributed by atoms with Gasteiger partial charge in [0.1, 0.15) is 5.82 Å². The molecule has 0 spiro atoms. The topological polar surface area (TPSA) is 89.0 Å². The number of nitrogens with zero attached hydrogens (tertiary/aromatic N) is 4. The van der Waals surface area contributed by atoms with Gasteiger partial charge in [-0.05, 0) is 50.7 Å². The molecule has 1 aromatic heterocycles. The number of nitrogens with one attached hydrogen (secondary N) is 1. The van der Waals surface area contributed by atoms with Crippen LogP contribution in [0.4, 0.5) is 32.3 Å². The highest BCUT2D eigenvalue weighted by molar-refractivity contribution is 5.94. The number of carbonyl (C=O) groups is 1. The molecule has 4 rings (SSSR count). The molecule has 0 radical (unpaired) electrons. The number of para-hydroxylation sites is 1. The number of rotatable bonds is 8. The molecule has 10 heteroatoms. The zero-order valence-corrected chi connectivity index (χ0v) is 19.7. The van der Waals surface area contributed by atoms with Gasteiger partial charge in [0.15, 0.2) is 11.6 Å². The van der Waals surface area contributed by atoms with Crippen molar-refractivity contribution in [1.29, 1.82) is 0 Å². The smallest absolute Gasteiger partial charge is 0.451 e. The van der Waals surface area contributed by atoms with Crippen LogP contribution in [0.5, 0.6) is 5.75 Å². The molecular formula is C25H28FN5O4. The molecule has 1 saturated heterocycles. The predicted octanol–water partition coefficient (Wildman–Crippen LogP) is 4.92. The second kappa shape index (κ2) is 11.6. The molecule has 1 fully saturated rings. The Morgan fingerprint density at radius 1 is 1.23 bits per heavy atom. The highest BCUT2D eigenvalue weighted by atomic mass is 19.1. The third kappa shape index (κ3) is 6.43. The first-order valence-electron chi connectivity index (χ1n) is 11.3. The van der Waals surface area contributed by atoms with E-state index in [4.69, 9.17) is 9.62 Å². The summed E-state index contributed by atoms with van der Waals surface area (Å²) in [5.74, 6) is 0.529. The quantitative estimate of drug-likeness (QED) is 0.358. The first-order chi connectivity index (χ1) is 17.0. The molecule has 1 amide bonds. The van der Waals surface area contributed by atoms with Crippen molar-refractivity contribution >= 4 is 29.2 Å². The number of ether oxygens (including phenoxy) is 1. The maximum atomic E-state index is 14.7. The molecule has 3 aromatic rings. The van der Waals surface area contributed by atoms with Crippen LogP contribution in [-0.4, -0.2) is 54.8 Å². The van der Waals surface area contributed by atoms with Crippen LogP contribution in [-0.2, 0) is 9.78 Å². The standard InChI is InChI=1S/C25H28FN5O4/c1-30-14-6-7-18(16-30)17-34-22-11-10-19(15-21(22)26)28-24-27-13-12-23(29-24)31(25(32)35-33-2)20-8-4-3-5-9-20/h3-5,8-13,15,18H,6-7,14,16-17H2,1-2H3,(H,27,28,29). The van der Waals surface area contributed by atoms with E-state index in [1.54, 1.807) is 42.5 Å². The minimum absolute atomic E-state index is 0.173. The van der Waals surface area contributed by atoms with E-state index in [0.29, 0.717) is 23.9 Å². The zero-order valence-electron chi connectivity index (χ0n) is 19.7. The molecule has 1 aliphatic rings. The second-order valence-corrected chi connectivity index (χ2v) is 8.28. The fourth-order valence-corrected chi connectivity index (χ4v) is 3.99. The molecule has 35 heavy (non-hydrogen) atoms. The van der Waals surface area contributed by atoms with Gasteiger partial charge in [-0.2, -0.15) is 9.87 Å². The molecule has 2 aromatic carbocycles. The Kier molecular flexibility index (Phi) is 8.07. The van der Waals surface area contributed by atoms with Gasteiger partial charge in [-0.3, -0.25) is 4.89 Å². The Morgan fingerprint density at radius 3 is 2.80 bits per heavy atom. The molecule has 1 aliphatic heterocycles. The summed E-state index contributed by atoms with van der Waals surface area (Å²) in [6.45, 7) is 2.52. The minimum Gasteiger partial charge on any atom is -0.490 e. The first kappa shape index (κ1) is 24.4. The predicted molar refractivity (Wildman–Crippen MR) is 130 cm³/mol. The normalized spacial score (nSPS) is 15.9. The fourth-order valence-electron chi connectivity index (χ4n) is 3.99. The number of hydrogen-bond donors (Lipinski definition) is 1. The molecule has 2 heterocycles. The SMILES string of the molecule is COOC(=O)N(c1ccccc1)c1ccnc(Nc2ccc(OCC3CCCN(C)C3)c(F)c2)n1. The van der Waals surface area contributed by atoms with Crippen LogP contribution >= 0.6 is 0 Å². The molecule has 1 N–H and O–H groups in total. The van der Waals surface area contributed by atoms with Gasteiger partial charge >= 0.3 is 6.09 Å². The van der Waals surface area contributed by atoms with E-state index in [1.165, 1.54) is 24.3 Å². The van der Waals surface area contributed by atoms with E-state index in [-0.39, 0.29) is 17.5 Å². The number of aromatic nitrogens is 2. The summed E-state index contributed by atoms with van der Waals surface area (Å²) in [5, 5.41) is 2.97. The van der Waals surface area contributed by atoms with E-state index >= 15 is 0 Å². The van der Waals surface area contributed by atoms with Crippen molar-refractivity contribution in [1.82, 2.24) is 14.9 Å². The molecule has 0 aliphatic carbocycles. The number of benzene rings is 2. The van der Waals surface area contributed by atoms with E-state index in [2.05, 4.69) is 32.1 Å². The molecular weight excluding hydrogens is 453 g/mol. The van der Waals surface area contributed by atoms with Crippen molar-refractivity contribution in [3.8, 4) is 5.75 Å². The van der Waals surface area contributed by atoms with E-state index in [9.17, 15) is 9.18 Å². The zero-order chi connectivity index (χ0) is 24.6. The van der Waals surface area contributed by atoms with Crippen LogP contribution in [0.1, 0.15) is 12.8 Å². The lowest BCUT2D eigenvalue weighted by atomic mass is 10.00. The summed E-state index contributed by atoms with van der Waals surface area (Å²) < 4.78 is 20.5. The van der Waals surface area contributed by atoms with Gasteiger partial charge in [0.05, 0.1) is 19.4 Å². The first-order valence-corrected chi connectivity index (χ1v) is 11.3. The van der Waals surface area contributed by atoms with Gasteiger partial charge < -0.3 is 15.0 Å². The lowest BCUT2D eigenvalue weighted by Gasteiger charge is -2.29. The average Bonchev–Trinajstić information content (AvgIpc) is 2.85. The minimum atomic E-state index is -0.778. The van der Waals surface area contributed by atoms with Crippen molar-refractivity contribution in [2.45, 2.75) is 12.8 Å². The van der Waals surface area contributed by atoms with Crippen LogP contribution < -0.4 is 15.0 Å². The number of carbonyl (C=O) groups excluding carboxylic acids is 1. The van der Waals surface area contributed by atoms with Gasteiger partial charge in [0, 0.05) is 36.5 Å². The Labute approximate surface area is 203 Å². The van der Waals surface area contributed by atoms with Crippen molar-refractivity contribution in [3.05, 3.63) is 66.6 Å². The molecule has 0 bridgehead atoms. The Balaban J connectivity index is 1.46. The van der Waals surface area contributed by atoms with Crippen LogP contribution in [0.15, 0.2) is 60.8 Å². The number of hydrogen-bond acceptors (Lipinski definition) is 8. The average molecular weight is 482 g/mol. The van der Waals surface area contributed by atoms with Crippen molar-refractivity contribution < 1.29 is 23.7 Å². The van der Waals surface area contributed by atoms with Crippen molar-refractivity contribution in [2.24, 2.45) is 5.92 Å². The summed E-state index contributed by atoms with van der Waals surface area (Å²) in [6, 6.07) is 15.0. The van der Waals surface area contributed by atoms with Crippen molar-refractivity contribution in [3.63, 3.8) is 0 Å². The number of amides is 1. The largest absolute Gasteiger partial charge is 0.490 e.